The van der Waals surface area contributed by atoms with E-state index in [-0.39, 0.29) is 4.90 Å². The maximum absolute atomic E-state index is 12.1. The Bertz CT molecular complexity index is 818. The predicted molar refractivity (Wildman–Crippen MR) is 89.3 cm³/mol. The van der Waals surface area contributed by atoms with Crippen LogP contribution in [0.4, 0.5) is 0 Å². The van der Waals surface area contributed by atoms with Crippen molar-refractivity contribution in [1.29, 1.82) is 0 Å². The molecule has 0 saturated heterocycles. The molecule has 2 rings (SSSR count). The van der Waals surface area contributed by atoms with Crippen molar-refractivity contribution in [3.05, 3.63) is 23.8 Å². The topological polar surface area (TPSA) is 113 Å². The Morgan fingerprint density at radius 3 is 2.36 bits per heavy atom. The average Bonchev–Trinajstić information content (AvgIpc) is 2.44. The fraction of sp³-hybridized carbons (Fsp3) is 0.500. The van der Waals surface area contributed by atoms with E-state index in [1.807, 2.05) is 0 Å². The lowest BCUT2D eigenvalue weighted by Gasteiger charge is -2.45. The molecule has 0 radical (unpaired) electrons. The Labute approximate surface area is 146 Å². The summed E-state index contributed by atoms with van der Waals surface area (Å²) in [6.45, 7) is 5.76. The van der Waals surface area contributed by atoms with Crippen LogP contribution in [0.25, 0.3) is 0 Å². The fourth-order valence-corrected chi connectivity index (χ4v) is 3.43. The Hall–Kier alpha value is -2.13. The van der Waals surface area contributed by atoms with Gasteiger partial charge in [0, 0.05) is 25.7 Å². The van der Waals surface area contributed by atoms with Crippen LogP contribution >= 0.6 is 0 Å². The minimum absolute atomic E-state index is 0.0260. The zero-order chi connectivity index (χ0) is 19.2. The molecule has 9 heteroatoms. The molecular weight excluding hydrogens is 348 g/mol. The van der Waals surface area contributed by atoms with Crippen LogP contribution < -0.4 is 10.2 Å². The van der Waals surface area contributed by atoms with Crippen LogP contribution in [0.5, 0.6) is 5.75 Å². The van der Waals surface area contributed by atoms with Crippen LogP contribution in [-0.4, -0.2) is 48.3 Å². The number of carbonyl (C=O) groups excluding carboxylic acids is 2. The number of rotatable bonds is 2. The quantitative estimate of drug-likeness (QED) is 0.736. The van der Waals surface area contributed by atoms with Crippen molar-refractivity contribution in [1.82, 2.24) is 10.4 Å². The van der Waals surface area contributed by atoms with Gasteiger partial charge in [-0.1, -0.05) is 0 Å². The fourth-order valence-electron chi connectivity index (χ4n) is 2.77. The number of hydrogen-bond donors (Lipinski definition) is 2. The highest BCUT2D eigenvalue weighted by atomic mass is 32.2. The van der Waals surface area contributed by atoms with Crippen molar-refractivity contribution < 1.29 is 27.9 Å². The van der Waals surface area contributed by atoms with Crippen LogP contribution in [0, 0.1) is 0 Å². The first-order valence-electron chi connectivity index (χ1n) is 7.62. The van der Waals surface area contributed by atoms with Gasteiger partial charge in [-0.2, -0.15) is 0 Å². The van der Waals surface area contributed by atoms with Gasteiger partial charge in [-0.3, -0.25) is 15.0 Å². The second-order valence-electron chi connectivity index (χ2n) is 6.62. The van der Waals surface area contributed by atoms with Crippen LogP contribution in [0.1, 0.15) is 39.3 Å². The van der Waals surface area contributed by atoms with Crippen LogP contribution in [0.2, 0.25) is 0 Å². The molecule has 1 aromatic rings. The summed E-state index contributed by atoms with van der Waals surface area (Å²) in [4.78, 5) is 23.6. The van der Waals surface area contributed by atoms with Crippen LogP contribution in [-0.2, 0) is 19.4 Å². The van der Waals surface area contributed by atoms with E-state index in [0.29, 0.717) is 11.3 Å². The molecule has 2 atom stereocenters. The predicted octanol–water partition coefficient (Wildman–Crippen LogP) is 0.563. The number of hydrogen-bond acceptors (Lipinski definition) is 6. The van der Waals surface area contributed by atoms with Gasteiger partial charge in [0.05, 0.1) is 4.90 Å². The van der Waals surface area contributed by atoms with E-state index in [1.54, 1.807) is 13.8 Å². The van der Waals surface area contributed by atoms with Crippen molar-refractivity contribution in [3.63, 3.8) is 0 Å². The maximum atomic E-state index is 12.1. The van der Waals surface area contributed by atoms with Crippen molar-refractivity contribution in [3.8, 4) is 5.75 Å². The standard InChI is InChI=1S/C16H22N2O6S/c1-9(19)17-18(10(2)20)14-12-8-11(25(5,22)23)6-7-13(12)24-16(3,4)15(14)21/h6-8,14-15,21H,1-5H3,(H,17,19)/t14-,15+/m1/s1. The number of hydrazine groups is 1. The molecule has 2 N–H and O–H groups in total. The molecule has 0 unspecified atom stereocenters. The first kappa shape index (κ1) is 19.2. The summed E-state index contributed by atoms with van der Waals surface area (Å²) in [5, 5.41) is 11.8. The Kier molecular flexibility index (Phi) is 4.84. The molecule has 0 spiro atoms. The van der Waals surface area contributed by atoms with Crippen LogP contribution in [0.3, 0.4) is 0 Å². The molecule has 0 aliphatic carbocycles. The maximum Gasteiger partial charge on any atom is 0.238 e. The van der Waals surface area contributed by atoms with Crippen molar-refractivity contribution in [2.45, 2.75) is 50.3 Å². The molecule has 8 nitrogen and oxygen atoms in total. The van der Waals surface area contributed by atoms with Crippen LogP contribution in [0.15, 0.2) is 23.1 Å². The van der Waals surface area contributed by atoms with Gasteiger partial charge in [-0.05, 0) is 32.0 Å². The van der Waals surface area contributed by atoms with Gasteiger partial charge in [-0.15, -0.1) is 0 Å². The van der Waals surface area contributed by atoms with E-state index < -0.39 is 39.4 Å². The molecule has 1 heterocycles. The number of nitrogens with one attached hydrogen (secondary N) is 1. The normalized spacial score (nSPS) is 21.7. The number of fused-ring (bicyclic) bond motifs is 1. The summed E-state index contributed by atoms with van der Waals surface area (Å²) in [6.07, 6.45) is -0.143. The monoisotopic (exact) mass is 370 g/mol. The third-order valence-electron chi connectivity index (χ3n) is 4.01. The molecule has 1 aliphatic rings. The molecule has 1 aliphatic heterocycles. The molecule has 1 aromatic carbocycles. The third-order valence-corrected chi connectivity index (χ3v) is 5.12. The molecule has 0 fully saturated rings. The van der Waals surface area contributed by atoms with E-state index >= 15 is 0 Å². The molecule has 0 saturated carbocycles. The average molecular weight is 370 g/mol. The highest BCUT2D eigenvalue weighted by Crippen LogP contribution is 2.43. The van der Waals surface area contributed by atoms with Gasteiger partial charge >= 0.3 is 0 Å². The van der Waals surface area contributed by atoms with Crippen molar-refractivity contribution in [2.75, 3.05) is 6.26 Å². The largest absolute Gasteiger partial charge is 0.485 e. The van der Waals surface area contributed by atoms with Gasteiger partial charge in [0.15, 0.2) is 9.84 Å². The number of aliphatic hydroxyl groups is 1. The lowest BCUT2D eigenvalue weighted by molar-refractivity contribution is -0.154. The number of carbonyl (C=O) groups is 2. The Morgan fingerprint density at radius 2 is 1.88 bits per heavy atom. The first-order valence-corrected chi connectivity index (χ1v) is 9.52. The minimum atomic E-state index is -3.50. The lowest BCUT2D eigenvalue weighted by Crippen LogP contribution is -2.58. The number of ether oxygens (including phenoxy) is 1. The summed E-state index contributed by atoms with van der Waals surface area (Å²) >= 11 is 0. The van der Waals surface area contributed by atoms with Gasteiger partial charge in [-0.25, -0.2) is 13.4 Å². The zero-order valence-corrected chi connectivity index (χ0v) is 15.5. The first-order chi connectivity index (χ1) is 11.3. The number of sulfone groups is 1. The Morgan fingerprint density at radius 1 is 1.28 bits per heavy atom. The summed E-state index contributed by atoms with van der Waals surface area (Å²) in [6, 6.07) is 3.24. The second-order valence-corrected chi connectivity index (χ2v) is 8.64. The number of aliphatic hydroxyl groups excluding tert-OH is 1. The Balaban J connectivity index is 2.68. The summed E-state index contributed by atoms with van der Waals surface area (Å²) < 4.78 is 29.5. The zero-order valence-electron chi connectivity index (χ0n) is 14.7. The van der Waals surface area contributed by atoms with Gasteiger partial charge in [0.25, 0.3) is 0 Å². The van der Waals surface area contributed by atoms with Crippen molar-refractivity contribution in [2.24, 2.45) is 0 Å². The lowest BCUT2D eigenvalue weighted by atomic mass is 9.86. The molecule has 2 amide bonds. The SMILES string of the molecule is CC(=O)NN(C(C)=O)[C@@H]1c2cc(S(C)(=O)=O)ccc2OC(C)(C)[C@H]1O. The van der Waals surface area contributed by atoms with Gasteiger partial charge in [0.2, 0.25) is 11.8 Å². The number of benzene rings is 1. The highest BCUT2D eigenvalue weighted by molar-refractivity contribution is 7.90. The molecule has 0 aromatic heterocycles. The number of amides is 2. The second kappa shape index (κ2) is 6.30. The molecule has 138 valence electrons. The van der Waals surface area contributed by atoms with Crippen molar-refractivity contribution >= 4 is 21.7 Å². The summed E-state index contributed by atoms with van der Waals surface area (Å²) in [5.41, 5.74) is 1.64. The highest BCUT2D eigenvalue weighted by Gasteiger charge is 2.47. The summed E-state index contributed by atoms with van der Waals surface area (Å²) in [5.74, 6) is -0.663. The smallest absolute Gasteiger partial charge is 0.238 e. The minimum Gasteiger partial charge on any atom is -0.485 e. The van der Waals surface area contributed by atoms with E-state index in [0.717, 1.165) is 11.3 Å². The molecular formula is C16H22N2O6S. The third kappa shape index (κ3) is 3.77. The number of nitrogens with zero attached hydrogens (tertiary/aromatic N) is 1. The molecule has 25 heavy (non-hydrogen) atoms. The van der Waals surface area contributed by atoms with E-state index in [2.05, 4.69) is 5.43 Å². The van der Waals surface area contributed by atoms with E-state index in [1.165, 1.54) is 32.0 Å². The van der Waals surface area contributed by atoms with E-state index in [4.69, 9.17) is 4.74 Å². The molecule has 0 bridgehead atoms. The van der Waals surface area contributed by atoms with Gasteiger partial charge < -0.3 is 9.84 Å². The van der Waals surface area contributed by atoms with Gasteiger partial charge in [0.1, 0.15) is 23.5 Å². The van der Waals surface area contributed by atoms with E-state index in [9.17, 15) is 23.1 Å². The summed E-state index contributed by atoms with van der Waals surface area (Å²) in [7, 11) is -3.50.